The van der Waals surface area contributed by atoms with E-state index in [9.17, 15) is 0 Å². The van der Waals surface area contributed by atoms with Crippen molar-refractivity contribution < 1.29 is 14.2 Å². The summed E-state index contributed by atoms with van der Waals surface area (Å²) >= 11 is 1.69. The molecule has 0 amide bonds. The standard InChI is InChI=1S/C21H24N2O3S/c1-4-26-17-8-6-16(7-9-17)20-13-23-21(27-20)14-22-12-15-5-10-18(24-2)19(11-15)25-3/h5-11,13,22H,4,12,14H2,1-3H3. The van der Waals surface area contributed by atoms with Gasteiger partial charge in [0.1, 0.15) is 10.8 Å². The first kappa shape index (κ1) is 19.2. The number of hydrogen-bond donors (Lipinski definition) is 1. The lowest BCUT2D eigenvalue weighted by atomic mass is 10.2. The molecule has 1 heterocycles. The minimum absolute atomic E-state index is 0.676. The van der Waals surface area contributed by atoms with Crippen LogP contribution in [0.5, 0.6) is 17.2 Å². The predicted octanol–water partition coefficient (Wildman–Crippen LogP) is 4.52. The molecule has 3 rings (SSSR count). The van der Waals surface area contributed by atoms with Crippen molar-refractivity contribution in [2.45, 2.75) is 20.0 Å². The maximum absolute atomic E-state index is 5.49. The Bertz CT molecular complexity index is 862. The number of benzene rings is 2. The van der Waals surface area contributed by atoms with Crippen LogP contribution in [0.2, 0.25) is 0 Å². The molecule has 0 aliphatic rings. The van der Waals surface area contributed by atoms with Gasteiger partial charge >= 0.3 is 0 Å². The maximum atomic E-state index is 5.49. The third-order valence-electron chi connectivity index (χ3n) is 4.06. The highest BCUT2D eigenvalue weighted by Gasteiger charge is 2.07. The molecule has 1 aromatic heterocycles. The Hall–Kier alpha value is -2.57. The minimum atomic E-state index is 0.676. The largest absolute Gasteiger partial charge is 0.494 e. The molecule has 0 aliphatic heterocycles. The van der Waals surface area contributed by atoms with Gasteiger partial charge in [-0.15, -0.1) is 11.3 Å². The van der Waals surface area contributed by atoms with Gasteiger partial charge in [0.05, 0.1) is 25.7 Å². The third-order valence-corrected chi connectivity index (χ3v) is 5.10. The first-order valence-electron chi connectivity index (χ1n) is 8.83. The normalized spacial score (nSPS) is 10.6. The highest BCUT2D eigenvalue weighted by Crippen LogP contribution is 2.29. The summed E-state index contributed by atoms with van der Waals surface area (Å²) in [6.07, 6.45) is 1.92. The van der Waals surface area contributed by atoms with Crippen molar-refractivity contribution in [2.24, 2.45) is 0 Å². The number of ether oxygens (including phenoxy) is 3. The first-order chi connectivity index (χ1) is 13.2. The second-order valence-corrected chi connectivity index (χ2v) is 6.98. The quantitative estimate of drug-likeness (QED) is 0.588. The van der Waals surface area contributed by atoms with Crippen LogP contribution in [-0.2, 0) is 13.1 Å². The van der Waals surface area contributed by atoms with E-state index in [2.05, 4.69) is 22.4 Å². The molecule has 0 saturated carbocycles. The number of thiazole rings is 1. The second kappa shape index (κ2) is 9.39. The molecule has 0 fully saturated rings. The van der Waals surface area contributed by atoms with Crippen molar-refractivity contribution in [3.05, 3.63) is 59.2 Å². The average Bonchev–Trinajstić information content (AvgIpc) is 3.17. The Labute approximate surface area is 163 Å². The summed E-state index contributed by atoms with van der Waals surface area (Å²) < 4.78 is 16.1. The fraction of sp³-hybridized carbons (Fsp3) is 0.286. The van der Waals surface area contributed by atoms with Crippen molar-refractivity contribution in [1.29, 1.82) is 0 Å². The summed E-state index contributed by atoms with van der Waals surface area (Å²) in [6.45, 7) is 4.11. The Kier molecular flexibility index (Phi) is 6.68. The van der Waals surface area contributed by atoms with Crippen LogP contribution in [0.4, 0.5) is 0 Å². The molecular formula is C21H24N2O3S. The van der Waals surface area contributed by atoms with Crippen LogP contribution in [0.1, 0.15) is 17.5 Å². The molecule has 0 spiro atoms. The van der Waals surface area contributed by atoms with Crippen molar-refractivity contribution in [3.8, 4) is 27.7 Å². The molecular weight excluding hydrogens is 360 g/mol. The lowest BCUT2D eigenvalue weighted by Gasteiger charge is -2.09. The highest BCUT2D eigenvalue weighted by molar-refractivity contribution is 7.15. The first-order valence-corrected chi connectivity index (χ1v) is 9.64. The highest BCUT2D eigenvalue weighted by atomic mass is 32.1. The van der Waals surface area contributed by atoms with Gasteiger partial charge < -0.3 is 19.5 Å². The maximum Gasteiger partial charge on any atom is 0.161 e. The third kappa shape index (κ3) is 4.99. The van der Waals surface area contributed by atoms with Crippen LogP contribution in [0.15, 0.2) is 48.7 Å². The van der Waals surface area contributed by atoms with Gasteiger partial charge in [-0.05, 0) is 54.4 Å². The number of rotatable bonds is 9. The zero-order valence-electron chi connectivity index (χ0n) is 15.8. The smallest absolute Gasteiger partial charge is 0.161 e. The average molecular weight is 385 g/mol. The molecule has 142 valence electrons. The summed E-state index contributed by atoms with van der Waals surface area (Å²) in [7, 11) is 3.28. The molecule has 0 aliphatic carbocycles. The van der Waals surface area contributed by atoms with Crippen LogP contribution >= 0.6 is 11.3 Å². The van der Waals surface area contributed by atoms with Crippen molar-refractivity contribution >= 4 is 11.3 Å². The molecule has 3 aromatic rings. The van der Waals surface area contributed by atoms with E-state index in [1.807, 2.05) is 43.5 Å². The van der Waals surface area contributed by atoms with E-state index in [4.69, 9.17) is 14.2 Å². The van der Waals surface area contributed by atoms with E-state index in [0.29, 0.717) is 6.61 Å². The fourth-order valence-electron chi connectivity index (χ4n) is 2.71. The number of aromatic nitrogens is 1. The van der Waals surface area contributed by atoms with Gasteiger partial charge in [0.25, 0.3) is 0 Å². The number of methoxy groups -OCH3 is 2. The van der Waals surface area contributed by atoms with E-state index < -0.39 is 0 Å². The van der Waals surface area contributed by atoms with E-state index in [1.165, 1.54) is 0 Å². The van der Waals surface area contributed by atoms with Crippen molar-refractivity contribution in [2.75, 3.05) is 20.8 Å². The molecule has 27 heavy (non-hydrogen) atoms. The fourth-order valence-corrected chi connectivity index (χ4v) is 3.60. The monoisotopic (exact) mass is 384 g/mol. The summed E-state index contributed by atoms with van der Waals surface area (Å²) in [6, 6.07) is 14.1. The zero-order chi connectivity index (χ0) is 19.1. The molecule has 1 N–H and O–H groups in total. The van der Waals surface area contributed by atoms with Gasteiger partial charge in [-0.3, -0.25) is 0 Å². The predicted molar refractivity (Wildman–Crippen MR) is 109 cm³/mol. The topological polar surface area (TPSA) is 52.6 Å². The van der Waals surface area contributed by atoms with Crippen molar-refractivity contribution in [3.63, 3.8) is 0 Å². The molecule has 0 unspecified atom stereocenters. The molecule has 0 atom stereocenters. The summed E-state index contributed by atoms with van der Waals surface area (Å²) in [4.78, 5) is 5.68. The molecule has 2 aromatic carbocycles. The van der Waals surface area contributed by atoms with E-state index >= 15 is 0 Å². The van der Waals surface area contributed by atoms with Gasteiger partial charge in [-0.25, -0.2) is 4.98 Å². The summed E-state index contributed by atoms with van der Waals surface area (Å²) in [5.41, 5.74) is 2.29. The lowest BCUT2D eigenvalue weighted by molar-refractivity contribution is 0.340. The Morgan fingerprint density at radius 2 is 1.74 bits per heavy atom. The van der Waals surface area contributed by atoms with Crippen LogP contribution < -0.4 is 19.5 Å². The molecule has 5 nitrogen and oxygen atoms in total. The van der Waals surface area contributed by atoms with Gasteiger partial charge in [0.15, 0.2) is 11.5 Å². The molecule has 0 radical (unpaired) electrons. The second-order valence-electron chi connectivity index (χ2n) is 5.87. The molecule has 6 heteroatoms. The van der Waals surface area contributed by atoms with Gasteiger partial charge in [0.2, 0.25) is 0 Å². The van der Waals surface area contributed by atoms with Crippen LogP contribution in [0, 0.1) is 0 Å². The van der Waals surface area contributed by atoms with Gasteiger partial charge in [-0.1, -0.05) is 6.07 Å². The van der Waals surface area contributed by atoms with Gasteiger partial charge in [0, 0.05) is 19.3 Å². The van der Waals surface area contributed by atoms with Crippen molar-refractivity contribution in [1.82, 2.24) is 10.3 Å². The molecule has 0 saturated heterocycles. The Morgan fingerprint density at radius 1 is 0.963 bits per heavy atom. The Balaban J connectivity index is 1.56. The zero-order valence-corrected chi connectivity index (χ0v) is 16.6. The number of nitrogens with zero attached hydrogens (tertiary/aromatic N) is 1. The minimum Gasteiger partial charge on any atom is -0.494 e. The number of nitrogens with one attached hydrogen (secondary N) is 1. The van der Waals surface area contributed by atoms with Crippen LogP contribution in [0.3, 0.4) is 0 Å². The van der Waals surface area contributed by atoms with Crippen LogP contribution in [-0.4, -0.2) is 25.8 Å². The molecule has 0 bridgehead atoms. The summed E-state index contributed by atoms with van der Waals surface area (Å²) in [5, 5.41) is 4.48. The lowest BCUT2D eigenvalue weighted by Crippen LogP contribution is -2.12. The van der Waals surface area contributed by atoms with E-state index in [-0.39, 0.29) is 0 Å². The van der Waals surface area contributed by atoms with Crippen LogP contribution in [0.25, 0.3) is 10.4 Å². The number of hydrogen-bond acceptors (Lipinski definition) is 6. The Morgan fingerprint density at radius 3 is 2.44 bits per heavy atom. The SMILES string of the molecule is CCOc1ccc(-c2cnc(CNCc3ccc(OC)c(OC)c3)s2)cc1. The van der Waals surface area contributed by atoms with Gasteiger partial charge in [-0.2, -0.15) is 0 Å². The van der Waals surface area contributed by atoms with E-state index in [1.54, 1.807) is 25.6 Å². The summed E-state index contributed by atoms with van der Waals surface area (Å²) in [5.74, 6) is 2.37. The van der Waals surface area contributed by atoms with E-state index in [0.717, 1.165) is 51.3 Å².